The predicted octanol–water partition coefficient (Wildman–Crippen LogP) is 4.32. The van der Waals surface area contributed by atoms with E-state index < -0.39 is 35.8 Å². The van der Waals surface area contributed by atoms with E-state index in [9.17, 15) is 19.2 Å². The number of carbonyl (C=O) groups is 4. The predicted molar refractivity (Wildman–Crippen MR) is 133 cm³/mol. The van der Waals surface area contributed by atoms with Crippen molar-refractivity contribution in [2.75, 3.05) is 19.8 Å². The fourth-order valence-corrected chi connectivity index (χ4v) is 2.64. The zero-order valence-corrected chi connectivity index (χ0v) is 22.5. The van der Waals surface area contributed by atoms with E-state index in [2.05, 4.69) is 0 Å². The van der Waals surface area contributed by atoms with Crippen LogP contribution in [0.5, 0.6) is 11.5 Å². The molecule has 1 aromatic rings. The van der Waals surface area contributed by atoms with Crippen molar-refractivity contribution in [1.82, 2.24) is 0 Å². The zero-order valence-electron chi connectivity index (χ0n) is 22.5. The van der Waals surface area contributed by atoms with Crippen molar-refractivity contribution in [3.8, 4) is 11.5 Å². The Morgan fingerprint density at radius 1 is 0.892 bits per heavy atom. The molecule has 0 heterocycles. The Kier molecular flexibility index (Phi) is 13.4. The van der Waals surface area contributed by atoms with Crippen LogP contribution in [-0.2, 0) is 35.0 Å². The maximum atomic E-state index is 12.5. The monoisotopic (exact) mass is 525 g/mol. The maximum Gasteiger partial charge on any atom is 0.513 e. The molecule has 37 heavy (non-hydrogen) atoms. The molecule has 0 amide bonds. The van der Waals surface area contributed by atoms with Crippen LogP contribution in [0.3, 0.4) is 0 Å². The Labute approximate surface area is 217 Å². The second kappa shape index (κ2) is 15.7. The topological polar surface area (TPSA) is 150 Å². The molecule has 1 aromatic carbocycles. The smallest absolute Gasteiger partial charge is 0.461 e. The molecule has 0 bridgehead atoms. The van der Waals surface area contributed by atoms with Crippen molar-refractivity contribution < 1.29 is 47.6 Å². The summed E-state index contributed by atoms with van der Waals surface area (Å²) in [6.07, 6.45) is -0.819. The van der Waals surface area contributed by atoms with E-state index in [1.54, 1.807) is 26.8 Å². The number of hydrogen-bond donors (Lipinski definition) is 1. The minimum absolute atomic E-state index is 0.0230. The summed E-state index contributed by atoms with van der Waals surface area (Å²) in [6, 6.07) is 3.28. The Bertz CT molecular complexity index is 915. The van der Waals surface area contributed by atoms with Crippen LogP contribution in [0, 0.1) is 5.41 Å². The fraction of sp³-hybridized carbons (Fsp3) is 0.615. The van der Waals surface area contributed by atoms with Crippen LogP contribution < -0.4 is 15.2 Å². The van der Waals surface area contributed by atoms with Gasteiger partial charge in [0.15, 0.2) is 11.5 Å². The summed E-state index contributed by atoms with van der Waals surface area (Å²) in [5.74, 6) is -1.26. The first-order chi connectivity index (χ1) is 17.4. The van der Waals surface area contributed by atoms with Crippen molar-refractivity contribution in [3.63, 3.8) is 0 Å². The molecule has 0 fully saturated rings. The summed E-state index contributed by atoms with van der Waals surface area (Å²) in [5, 5.41) is 0. The van der Waals surface area contributed by atoms with E-state index in [1.165, 1.54) is 12.1 Å². The Balaban J connectivity index is 2.84. The van der Waals surface area contributed by atoms with Crippen LogP contribution in [0.2, 0.25) is 0 Å². The summed E-state index contributed by atoms with van der Waals surface area (Å²) in [5.41, 5.74) is 5.88. The van der Waals surface area contributed by atoms with Gasteiger partial charge < -0.3 is 34.2 Å². The van der Waals surface area contributed by atoms with E-state index in [4.69, 9.17) is 34.2 Å². The molecule has 0 saturated carbocycles. The van der Waals surface area contributed by atoms with Crippen molar-refractivity contribution >= 4 is 24.2 Å². The average Bonchev–Trinajstić information content (AvgIpc) is 2.85. The van der Waals surface area contributed by atoms with Crippen LogP contribution >= 0.6 is 0 Å². The first-order valence-electron chi connectivity index (χ1n) is 12.4. The van der Waals surface area contributed by atoms with Gasteiger partial charge in [-0.1, -0.05) is 26.8 Å². The van der Waals surface area contributed by atoms with E-state index in [-0.39, 0.29) is 43.7 Å². The number of ether oxygens (including phenoxy) is 6. The molecule has 11 nitrogen and oxygen atoms in total. The maximum absolute atomic E-state index is 12.5. The summed E-state index contributed by atoms with van der Waals surface area (Å²) in [6.45, 7) is 10.9. The van der Waals surface area contributed by atoms with Gasteiger partial charge in [0.2, 0.25) is 0 Å². The van der Waals surface area contributed by atoms with E-state index >= 15 is 0 Å². The molecule has 2 atom stereocenters. The summed E-state index contributed by atoms with van der Waals surface area (Å²) >= 11 is 0. The molecule has 0 aliphatic heterocycles. The number of rotatable bonds is 14. The lowest BCUT2D eigenvalue weighted by atomic mass is 9.91. The van der Waals surface area contributed by atoms with Gasteiger partial charge in [0, 0.05) is 0 Å². The molecule has 2 N–H and O–H groups in total. The second-order valence-electron chi connectivity index (χ2n) is 9.08. The van der Waals surface area contributed by atoms with Crippen molar-refractivity contribution in [1.29, 1.82) is 0 Å². The molecule has 208 valence electrons. The third kappa shape index (κ3) is 11.5. The highest BCUT2D eigenvalue weighted by atomic mass is 16.7. The molecule has 0 aliphatic rings. The number of hydrogen-bond acceptors (Lipinski definition) is 11. The first kappa shape index (κ1) is 31.7. The SMILES string of the molecule is CCCOC(=O)Oc1ccc(C[C@H](N)C(=O)O[C@@H](C)COC(=O)C(C)(C)CC)cc1OC(=O)OCCC. The number of nitrogens with two attached hydrogens (primary N) is 1. The average molecular weight is 526 g/mol. The molecule has 11 heteroatoms. The van der Waals surface area contributed by atoms with E-state index in [1.807, 2.05) is 20.8 Å². The van der Waals surface area contributed by atoms with Gasteiger partial charge in [-0.2, -0.15) is 0 Å². The van der Waals surface area contributed by atoms with Crippen LogP contribution in [-0.4, -0.2) is 56.2 Å². The Morgan fingerprint density at radius 3 is 2.00 bits per heavy atom. The van der Waals surface area contributed by atoms with Crippen molar-refractivity contribution in [2.45, 2.75) is 79.4 Å². The molecule has 0 saturated heterocycles. The standard InChI is InChI=1S/C26H39NO10/c1-7-12-32-24(30)36-20-11-10-18(15-21(20)37-25(31)33-13-8-2)14-19(27)22(28)35-17(4)16-34-23(29)26(5,6)9-3/h10-11,15,17,19H,7-9,12-14,16,27H2,1-6H3/t17-,19-/m0/s1. The Morgan fingerprint density at radius 2 is 1.46 bits per heavy atom. The van der Waals surface area contributed by atoms with Gasteiger partial charge in [-0.05, 0) is 64.2 Å². The van der Waals surface area contributed by atoms with Gasteiger partial charge in [0.25, 0.3) is 0 Å². The lowest BCUT2D eigenvalue weighted by Crippen LogP contribution is -2.38. The largest absolute Gasteiger partial charge is 0.513 e. The van der Waals surface area contributed by atoms with Crippen LogP contribution in [0.15, 0.2) is 18.2 Å². The fourth-order valence-electron chi connectivity index (χ4n) is 2.64. The van der Waals surface area contributed by atoms with Gasteiger partial charge in [0.05, 0.1) is 18.6 Å². The lowest BCUT2D eigenvalue weighted by Gasteiger charge is -2.22. The minimum atomic E-state index is -1.06. The third-order valence-electron chi connectivity index (χ3n) is 5.20. The molecular formula is C26H39NO10. The molecule has 0 spiro atoms. The van der Waals surface area contributed by atoms with Gasteiger partial charge in [-0.25, -0.2) is 9.59 Å². The van der Waals surface area contributed by atoms with Crippen molar-refractivity contribution in [2.24, 2.45) is 11.1 Å². The molecule has 0 unspecified atom stereocenters. The van der Waals surface area contributed by atoms with Crippen LogP contribution in [0.25, 0.3) is 0 Å². The highest BCUT2D eigenvalue weighted by Gasteiger charge is 2.28. The van der Waals surface area contributed by atoms with E-state index in [0.717, 1.165) is 0 Å². The van der Waals surface area contributed by atoms with Gasteiger partial charge in [0.1, 0.15) is 18.8 Å². The third-order valence-corrected chi connectivity index (χ3v) is 5.20. The Hall–Kier alpha value is -3.34. The van der Waals surface area contributed by atoms with E-state index in [0.29, 0.717) is 24.8 Å². The molecule has 0 radical (unpaired) electrons. The summed E-state index contributed by atoms with van der Waals surface area (Å²) in [7, 11) is 0. The number of benzene rings is 1. The quantitative estimate of drug-likeness (QED) is 0.210. The lowest BCUT2D eigenvalue weighted by molar-refractivity contribution is -0.164. The normalized spacial score (nSPS) is 12.6. The zero-order chi connectivity index (χ0) is 28.0. The highest BCUT2D eigenvalue weighted by Crippen LogP contribution is 2.30. The molecule has 0 aromatic heterocycles. The number of carbonyl (C=O) groups excluding carboxylic acids is 4. The summed E-state index contributed by atoms with van der Waals surface area (Å²) < 4.78 is 30.7. The van der Waals surface area contributed by atoms with Crippen LogP contribution in [0.1, 0.15) is 66.4 Å². The first-order valence-corrected chi connectivity index (χ1v) is 12.4. The molecule has 0 aliphatic carbocycles. The van der Waals surface area contributed by atoms with Gasteiger partial charge >= 0.3 is 24.2 Å². The second-order valence-corrected chi connectivity index (χ2v) is 9.08. The summed E-state index contributed by atoms with van der Waals surface area (Å²) in [4.78, 5) is 48.4. The minimum Gasteiger partial charge on any atom is -0.461 e. The van der Waals surface area contributed by atoms with Gasteiger partial charge in [-0.15, -0.1) is 0 Å². The number of esters is 2. The molecular weight excluding hydrogens is 486 g/mol. The highest BCUT2D eigenvalue weighted by molar-refractivity contribution is 5.77. The molecule has 1 rings (SSSR count). The van der Waals surface area contributed by atoms with Crippen LogP contribution in [0.4, 0.5) is 9.59 Å². The van der Waals surface area contributed by atoms with Crippen molar-refractivity contribution in [3.05, 3.63) is 23.8 Å². The van der Waals surface area contributed by atoms with Gasteiger partial charge in [-0.3, -0.25) is 9.59 Å².